The fourth-order valence-electron chi connectivity index (χ4n) is 1.60. The van der Waals surface area contributed by atoms with Crippen molar-refractivity contribution in [3.05, 3.63) is 35.6 Å². The molecule has 6 heteroatoms. The number of hydrogen-bond acceptors (Lipinski definition) is 2. The number of guanidine groups is 1. The first-order valence-electron chi connectivity index (χ1n) is 7.42. The van der Waals surface area contributed by atoms with Crippen molar-refractivity contribution in [1.29, 1.82) is 0 Å². The monoisotopic (exact) mass is 308 g/mol. The van der Waals surface area contributed by atoms with Crippen molar-refractivity contribution in [3.8, 4) is 0 Å². The average molecular weight is 308 g/mol. The van der Waals surface area contributed by atoms with Gasteiger partial charge in [-0.3, -0.25) is 4.79 Å². The lowest BCUT2D eigenvalue weighted by Gasteiger charge is -2.18. The summed E-state index contributed by atoms with van der Waals surface area (Å²) in [6, 6.07) is 6.75. The highest BCUT2D eigenvalue weighted by molar-refractivity contribution is 5.86. The van der Waals surface area contributed by atoms with Crippen molar-refractivity contribution in [3.63, 3.8) is 0 Å². The van der Waals surface area contributed by atoms with Crippen molar-refractivity contribution < 1.29 is 9.18 Å². The number of carbonyl (C=O) groups excluding carboxylic acids is 1. The number of amides is 1. The van der Waals surface area contributed by atoms with E-state index in [1.807, 2.05) is 6.92 Å². The molecule has 0 aliphatic rings. The molecule has 0 heterocycles. The molecule has 0 spiro atoms. The Kier molecular flexibility index (Phi) is 7.36. The third-order valence-corrected chi connectivity index (χ3v) is 3.27. The van der Waals surface area contributed by atoms with Crippen LogP contribution in [0.5, 0.6) is 0 Å². The van der Waals surface area contributed by atoms with Crippen LogP contribution < -0.4 is 10.6 Å². The number of nitrogens with zero attached hydrogens (tertiary/aromatic N) is 2. The molecular weight excluding hydrogens is 283 g/mol. The van der Waals surface area contributed by atoms with E-state index in [1.54, 1.807) is 32.3 Å². The van der Waals surface area contributed by atoms with Crippen LogP contribution in [0.1, 0.15) is 25.8 Å². The molecule has 0 saturated carbocycles. The predicted molar refractivity (Wildman–Crippen MR) is 87.1 cm³/mol. The molecule has 1 aromatic rings. The summed E-state index contributed by atoms with van der Waals surface area (Å²) >= 11 is 0. The molecule has 5 nitrogen and oxygen atoms in total. The Hall–Kier alpha value is -2.11. The lowest BCUT2D eigenvalue weighted by atomic mass is 10.2. The summed E-state index contributed by atoms with van der Waals surface area (Å²) in [5.74, 6) is 0.177. The third-order valence-electron chi connectivity index (χ3n) is 3.27. The highest BCUT2D eigenvalue weighted by atomic mass is 19.1. The topological polar surface area (TPSA) is 56.7 Å². The summed E-state index contributed by atoms with van der Waals surface area (Å²) in [5, 5.41) is 6.18. The number of likely N-dealkylation sites (N-methyl/N-ethyl adjacent to an activating group) is 1. The summed E-state index contributed by atoms with van der Waals surface area (Å²) < 4.78 is 13.6. The molecule has 1 amide bonds. The zero-order chi connectivity index (χ0) is 16.5. The van der Waals surface area contributed by atoms with E-state index in [0.29, 0.717) is 11.5 Å². The van der Waals surface area contributed by atoms with Gasteiger partial charge in [-0.15, -0.1) is 0 Å². The molecule has 0 bridgehead atoms. The summed E-state index contributed by atoms with van der Waals surface area (Å²) in [4.78, 5) is 17.5. The number of nitrogens with one attached hydrogen (secondary N) is 2. The Labute approximate surface area is 131 Å². The molecule has 1 rings (SSSR count). The minimum absolute atomic E-state index is 0.0513. The van der Waals surface area contributed by atoms with Crippen molar-refractivity contribution in [2.45, 2.75) is 32.9 Å². The molecular formula is C16H25FN4O. The van der Waals surface area contributed by atoms with E-state index < -0.39 is 0 Å². The molecule has 0 saturated heterocycles. The van der Waals surface area contributed by atoms with Crippen molar-refractivity contribution in [2.24, 2.45) is 4.99 Å². The molecule has 122 valence electrons. The van der Waals surface area contributed by atoms with Crippen molar-refractivity contribution in [2.75, 3.05) is 20.6 Å². The van der Waals surface area contributed by atoms with E-state index in [9.17, 15) is 9.18 Å². The van der Waals surface area contributed by atoms with E-state index >= 15 is 0 Å². The fourth-order valence-corrected chi connectivity index (χ4v) is 1.60. The van der Waals surface area contributed by atoms with E-state index in [2.05, 4.69) is 22.5 Å². The minimum atomic E-state index is -0.279. The van der Waals surface area contributed by atoms with Gasteiger partial charge in [0.2, 0.25) is 5.91 Å². The van der Waals surface area contributed by atoms with Crippen LogP contribution in [0.3, 0.4) is 0 Å². The zero-order valence-electron chi connectivity index (χ0n) is 13.7. The molecule has 1 atom stereocenters. The fraction of sp³-hybridized carbons (Fsp3) is 0.500. The van der Waals surface area contributed by atoms with Crippen molar-refractivity contribution in [1.82, 2.24) is 15.5 Å². The van der Waals surface area contributed by atoms with Crippen molar-refractivity contribution >= 4 is 11.9 Å². The maximum Gasteiger partial charge on any atom is 0.241 e. The van der Waals surface area contributed by atoms with Crippen LogP contribution in [-0.4, -0.2) is 43.4 Å². The lowest BCUT2D eigenvalue weighted by Crippen LogP contribution is -2.45. The molecule has 0 fully saturated rings. The molecule has 0 radical (unpaired) electrons. The Morgan fingerprint density at radius 3 is 2.64 bits per heavy atom. The van der Waals surface area contributed by atoms with Crippen LogP contribution in [0.15, 0.2) is 29.3 Å². The molecule has 0 aliphatic carbocycles. The normalized spacial score (nSPS) is 12.7. The number of aliphatic imine (C=N–C) groups is 1. The van der Waals surface area contributed by atoms with Crippen LogP contribution in [-0.2, 0) is 11.3 Å². The molecule has 0 aliphatic heterocycles. The molecule has 0 aromatic heterocycles. The minimum Gasteiger partial charge on any atom is -0.354 e. The first kappa shape index (κ1) is 17.9. The van der Waals surface area contributed by atoms with E-state index in [-0.39, 0.29) is 30.9 Å². The maximum atomic E-state index is 13.6. The Morgan fingerprint density at radius 2 is 2.05 bits per heavy atom. The Bertz CT molecular complexity index is 517. The lowest BCUT2D eigenvalue weighted by molar-refractivity contribution is -0.127. The van der Waals surface area contributed by atoms with Gasteiger partial charge in [0.05, 0.1) is 13.1 Å². The van der Waals surface area contributed by atoms with Gasteiger partial charge in [-0.05, 0) is 19.4 Å². The van der Waals surface area contributed by atoms with Gasteiger partial charge in [0.25, 0.3) is 0 Å². The molecule has 1 unspecified atom stereocenters. The maximum absolute atomic E-state index is 13.6. The second kappa shape index (κ2) is 9.02. The van der Waals surface area contributed by atoms with E-state index in [4.69, 9.17) is 0 Å². The second-order valence-electron chi connectivity index (χ2n) is 5.35. The van der Waals surface area contributed by atoms with Gasteiger partial charge in [0, 0.05) is 25.7 Å². The van der Waals surface area contributed by atoms with Crippen LogP contribution in [0.4, 0.5) is 4.39 Å². The highest BCUT2D eigenvalue weighted by Gasteiger charge is 2.08. The third kappa shape index (κ3) is 6.11. The number of rotatable bonds is 6. The highest BCUT2D eigenvalue weighted by Crippen LogP contribution is 2.07. The molecule has 2 N–H and O–H groups in total. The van der Waals surface area contributed by atoms with Crippen LogP contribution >= 0.6 is 0 Å². The zero-order valence-corrected chi connectivity index (χ0v) is 13.7. The standard InChI is InChI=1S/C16H25FN4O/c1-5-12(2)20-16(19-11-15(22)21(3)4)18-10-13-8-6-7-9-14(13)17/h6-9,12H,5,10-11H2,1-4H3,(H2,18,19,20). The van der Waals surface area contributed by atoms with Gasteiger partial charge in [0.15, 0.2) is 5.96 Å². The number of benzene rings is 1. The first-order chi connectivity index (χ1) is 10.4. The van der Waals surface area contributed by atoms with Gasteiger partial charge >= 0.3 is 0 Å². The van der Waals surface area contributed by atoms with Crippen LogP contribution in [0.25, 0.3) is 0 Å². The number of halogens is 1. The van der Waals surface area contributed by atoms with Gasteiger partial charge in [0.1, 0.15) is 5.82 Å². The van der Waals surface area contributed by atoms with E-state index in [0.717, 1.165) is 6.42 Å². The SMILES string of the molecule is CCC(C)NC(=NCc1ccccc1F)NCC(=O)N(C)C. The quantitative estimate of drug-likeness (QED) is 0.622. The first-order valence-corrected chi connectivity index (χ1v) is 7.42. The van der Waals surface area contributed by atoms with Gasteiger partial charge in [-0.25, -0.2) is 9.38 Å². The summed E-state index contributed by atoms with van der Waals surface area (Å²) in [6.45, 7) is 4.44. The van der Waals surface area contributed by atoms with Crippen LogP contribution in [0, 0.1) is 5.82 Å². The number of hydrogen-bond donors (Lipinski definition) is 2. The average Bonchev–Trinajstić information content (AvgIpc) is 2.50. The summed E-state index contributed by atoms with van der Waals surface area (Å²) in [7, 11) is 3.39. The largest absolute Gasteiger partial charge is 0.354 e. The van der Waals surface area contributed by atoms with Gasteiger partial charge in [-0.2, -0.15) is 0 Å². The summed E-state index contributed by atoms with van der Waals surface area (Å²) in [6.07, 6.45) is 0.919. The smallest absolute Gasteiger partial charge is 0.241 e. The Morgan fingerprint density at radius 1 is 1.36 bits per heavy atom. The van der Waals surface area contributed by atoms with Crippen LogP contribution in [0.2, 0.25) is 0 Å². The molecule has 1 aromatic carbocycles. The molecule has 22 heavy (non-hydrogen) atoms. The van der Waals surface area contributed by atoms with Gasteiger partial charge < -0.3 is 15.5 Å². The van der Waals surface area contributed by atoms with Gasteiger partial charge in [-0.1, -0.05) is 25.1 Å². The predicted octanol–water partition coefficient (Wildman–Crippen LogP) is 1.75. The van der Waals surface area contributed by atoms with E-state index in [1.165, 1.54) is 11.0 Å². The summed E-state index contributed by atoms with van der Waals surface area (Å²) in [5.41, 5.74) is 0.520. The number of carbonyl (C=O) groups is 1. The Balaban J connectivity index is 2.73. The second-order valence-corrected chi connectivity index (χ2v) is 5.35.